The predicted octanol–water partition coefficient (Wildman–Crippen LogP) is 0.780. The first-order chi connectivity index (χ1) is 6.74. The highest BCUT2D eigenvalue weighted by molar-refractivity contribution is 7.98. The number of nitrogens with one attached hydrogen (secondary N) is 1. The summed E-state index contributed by atoms with van der Waals surface area (Å²) in [6, 6.07) is 0.216. The van der Waals surface area contributed by atoms with Crippen LogP contribution in [0.25, 0.3) is 0 Å². The molecule has 1 atom stereocenters. The average molecular weight is 218 g/mol. The zero-order valence-corrected chi connectivity index (χ0v) is 9.60. The second-order valence-corrected chi connectivity index (χ2v) is 4.41. The van der Waals surface area contributed by atoms with Gasteiger partial charge in [-0.2, -0.15) is 11.8 Å². The van der Waals surface area contributed by atoms with Gasteiger partial charge in [-0.1, -0.05) is 0 Å². The van der Waals surface area contributed by atoms with Crippen LogP contribution in [0.2, 0.25) is 0 Å². The number of nitrogens with zero attached hydrogens (tertiary/aromatic N) is 1. The molecular formula is C9H18N2O2S. The quantitative estimate of drug-likeness (QED) is 0.758. The van der Waals surface area contributed by atoms with Crippen LogP contribution in [-0.4, -0.2) is 55.8 Å². The maximum absolute atomic E-state index is 11.6. The molecule has 1 fully saturated rings. The van der Waals surface area contributed by atoms with Crippen LogP contribution in [0.1, 0.15) is 6.42 Å². The Morgan fingerprint density at radius 2 is 2.50 bits per heavy atom. The summed E-state index contributed by atoms with van der Waals surface area (Å²) in [5.41, 5.74) is 0. The number of thioether (sulfide) groups is 1. The predicted molar refractivity (Wildman–Crippen MR) is 58.8 cm³/mol. The normalized spacial score (nSPS) is 20.9. The van der Waals surface area contributed by atoms with Crippen molar-refractivity contribution < 1.29 is 9.53 Å². The van der Waals surface area contributed by atoms with Gasteiger partial charge in [0.1, 0.15) is 0 Å². The maximum atomic E-state index is 11.6. The third-order valence-corrected chi connectivity index (χ3v) is 2.83. The zero-order valence-electron chi connectivity index (χ0n) is 8.78. The lowest BCUT2D eigenvalue weighted by Gasteiger charge is -2.19. The minimum Gasteiger partial charge on any atom is -0.379 e. The average Bonchev–Trinajstić information content (AvgIpc) is 2.66. The Labute approximate surface area is 89.4 Å². The lowest BCUT2D eigenvalue weighted by molar-refractivity contribution is 0.183. The molecule has 5 heteroatoms. The van der Waals surface area contributed by atoms with Crippen LogP contribution in [0.15, 0.2) is 0 Å². The lowest BCUT2D eigenvalue weighted by atomic mass is 10.3. The Morgan fingerprint density at radius 3 is 3.07 bits per heavy atom. The van der Waals surface area contributed by atoms with Gasteiger partial charge in [0.2, 0.25) is 0 Å². The molecule has 2 amide bonds. The summed E-state index contributed by atoms with van der Waals surface area (Å²) in [6.07, 6.45) is 2.97. The van der Waals surface area contributed by atoms with Crippen LogP contribution >= 0.6 is 11.8 Å². The first kappa shape index (κ1) is 11.7. The fourth-order valence-electron chi connectivity index (χ4n) is 1.26. The molecule has 14 heavy (non-hydrogen) atoms. The smallest absolute Gasteiger partial charge is 0.317 e. The Balaban J connectivity index is 2.18. The van der Waals surface area contributed by atoms with Crippen LogP contribution in [-0.2, 0) is 4.74 Å². The Kier molecular flexibility index (Phi) is 5.11. The van der Waals surface area contributed by atoms with E-state index in [-0.39, 0.29) is 12.1 Å². The van der Waals surface area contributed by atoms with E-state index < -0.39 is 0 Å². The van der Waals surface area contributed by atoms with Crippen molar-refractivity contribution in [1.82, 2.24) is 10.2 Å². The number of hydrogen-bond donors (Lipinski definition) is 1. The Morgan fingerprint density at radius 1 is 1.71 bits per heavy atom. The molecule has 1 heterocycles. The highest BCUT2D eigenvalue weighted by atomic mass is 32.2. The molecule has 1 unspecified atom stereocenters. The van der Waals surface area contributed by atoms with Crippen LogP contribution in [0.3, 0.4) is 0 Å². The molecule has 1 rings (SSSR count). The Hall–Kier alpha value is -0.420. The van der Waals surface area contributed by atoms with E-state index in [1.165, 1.54) is 0 Å². The molecule has 0 aromatic heterocycles. The molecule has 1 aliphatic heterocycles. The number of urea groups is 1. The molecule has 4 nitrogen and oxygen atoms in total. The van der Waals surface area contributed by atoms with Gasteiger partial charge in [-0.3, -0.25) is 0 Å². The number of rotatable bonds is 4. The van der Waals surface area contributed by atoms with Crippen molar-refractivity contribution in [3.05, 3.63) is 0 Å². The first-order valence-electron chi connectivity index (χ1n) is 4.82. The molecule has 0 aromatic carbocycles. The molecule has 1 N–H and O–H groups in total. The van der Waals surface area contributed by atoms with Crippen molar-refractivity contribution in [2.75, 3.05) is 38.8 Å². The summed E-state index contributed by atoms with van der Waals surface area (Å²) < 4.78 is 5.18. The number of carbonyl (C=O) groups is 1. The molecule has 0 aromatic rings. The third kappa shape index (κ3) is 3.75. The number of carbonyl (C=O) groups excluding carboxylic acids is 1. The van der Waals surface area contributed by atoms with E-state index in [4.69, 9.17) is 4.74 Å². The fraction of sp³-hybridized carbons (Fsp3) is 0.889. The van der Waals surface area contributed by atoms with Crippen LogP contribution < -0.4 is 5.32 Å². The molecule has 0 bridgehead atoms. The SMILES string of the molecule is CSCCN(C)C(=O)NC1CCOC1. The molecule has 1 saturated heterocycles. The summed E-state index contributed by atoms with van der Waals surface area (Å²) in [4.78, 5) is 13.3. The molecule has 0 aliphatic carbocycles. The molecule has 0 spiro atoms. The lowest BCUT2D eigenvalue weighted by Crippen LogP contribution is -2.44. The van der Waals surface area contributed by atoms with Gasteiger partial charge in [0.15, 0.2) is 0 Å². The van der Waals surface area contributed by atoms with E-state index in [9.17, 15) is 4.79 Å². The van der Waals surface area contributed by atoms with Crippen LogP contribution in [0, 0.1) is 0 Å². The standard InChI is InChI=1S/C9H18N2O2S/c1-11(4-6-14-2)9(12)10-8-3-5-13-7-8/h8H,3-7H2,1-2H3,(H,10,12). The molecule has 82 valence electrons. The van der Waals surface area contributed by atoms with Gasteiger partial charge in [0.05, 0.1) is 12.6 Å². The van der Waals surface area contributed by atoms with Gasteiger partial charge in [0.25, 0.3) is 0 Å². The summed E-state index contributed by atoms with van der Waals surface area (Å²) in [5.74, 6) is 0.977. The zero-order chi connectivity index (χ0) is 10.4. The summed E-state index contributed by atoms with van der Waals surface area (Å²) >= 11 is 1.74. The van der Waals surface area contributed by atoms with Crippen molar-refractivity contribution in [1.29, 1.82) is 0 Å². The molecular weight excluding hydrogens is 200 g/mol. The van der Waals surface area contributed by atoms with Gasteiger partial charge < -0.3 is 15.0 Å². The molecule has 0 radical (unpaired) electrons. The monoisotopic (exact) mass is 218 g/mol. The van der Waals surface area contributed by atoms with Gasteiger partial charge in [-0.15, -0.1) is 0 Å². The van der Waals surface area contributed by atoms with Crippen molar-refractivity contribution in [3.63, 3.8) is 0 Å². The minimum absolute atomic E-state index is 0.00884. The van der Waals surface area contributed by atoms with Gasteiger partial charge in [-0.25, -0.2) is 4.79 Å². The largest absolute Gasteiger partial charge is 0.379 e. The number of ether oxygens (including phenoxy) is 1. The van der Waals surface area contributed by atoms with E-state index in [1.807, 2.05) is 13.3 Å². The highest BCUT2D eigenvalue weighted by Gasteiger charge is 2.19. The second kappa shape index (κ2) is 6.14. The topological polar surface area (TPSA) is 41.6 Å². The first-order valence-corrected chi connectivity index (χ1v) is 6.21. The van der Waals surface area contributed by atoms with E-state index in [1.54, 1.807) is 16.7 Å². The van der Waals surface area contributed by atoms with E-state index in [2.05, 4.69) is 5.32 Å². The maximum Gasteiger partial charge on any atom is 0.317 e. The van der Waals surface area contributed by atoms with Gasteiger partial charge in [-0.05, 0) is 12.7 Å². The van der Waals surface area contributed by atoms with E-state index >= 15 is 0 Å². The summed E-state index contributed by atoms with van der Waals surface area (Å²) in [5, 5.41) is 2.94. The minimum atomic E-state index is 0.00884. The third-order valence-electron chi connectivity index (χ3n) is 2.23. The van der Waals surface area contributed by atoms with Crippen LogP contribution in [0.4, 0.5) is 4.79 Å². The summed E-state index contributed by atoms with van der Waals surface area (Å²) in [6.45, 7) is 2.21. The van der Waals surface area contributed by atoms with Crippen molar-refractivity contribution in [2.45, 2.75) is 12.5 Å². The van der Waals surface area contributed by atoms with E-state index in [0.29, 0.717) is 6.61 Å². The summed E-state index contributed by atoms with van der Waals surface area (Å²) in [7, 11) is 1.82. The van der Waals surface area contributed by atoms with Crippen LogP contribution in [0.5, 0.6) is 0 Å². The van der Waals surface area contributed by atoms with E-state index in [0.717, 1.165) is 25.3 Å². The fourth-order valence-corrected chi connectivity index (χ4v) is 1.72. The van der Waals surface area contributed by atoms with Crippen molar-refractivity contribution in [3.8, 4) is 0 Å². The number of hydrogen-bond acceptors (Lipinski definition) is 3. The van der Waals surface area contributed by atoms with Gasteiger partial charge >= 0.3 is 6.03 Å². The molecule has 1 aliphatic rings. The van der Waals surface area contributed by atoms with Gasteiger partial charge in [0, 0.05) is 26.0 Å². The van der Waals surface area contributed by atoms with Crippen molar-refractivity contribution in [2.24, 2.45) is 0 Å². The Bertz CT molecular complexity index is 184. The number of amides is 2. The second-order valence-electron chi connectivity index (χ2n) is 3.42. The highest BCUT2D eigenvalue weighted by Crippen LogP contribution is 2.04. The van der Waals surface area contributed by atoms with Crippen molar-refractivity contribution >= 4 is 17.8 Å². The molecule has 0 saturated carbocycles.